The van der Waals surface area contributed by atoms with Gasteiger partial charge in [0.2, 0.25) is 0 Å². The Morgan fingerprint density at radius 3 is 2.52 bits per heavy atom. The van der Waals surface area contributed by atoms with E-state index in [4.69, 9.17) is 4.74 Å². The van der Waals surface area contributed by atoms with E-state index in [0.717, 1.165) is 11.8 Å². The van der Waals surface area contributed by atoms with Gasteiger partial charge in [-0.05, 0) is 32.8 Å². The molecule has 0 radical (unpaired) electrons. The fourth-order valence-electron chi connectivity index (χ4n) is 3.04. The van der Waals surface area contributed by atoms with Gasteiger partial charge in [-0.15, -0.1) is 6.58 Å². The van der Waals surface area contributed by atoms with Crippen LogP contribution in [-0.2, 0) is 20.9 Å². The second kappa shape index (κ2) is 7.09. The van der Waals surface area contributed by atoms with E-state index < -0.39 is 11.6 Å². The molecule has 0 N–H and O–H groups in total. The number of esters is 1. The first kappa shape index (κ1) is 17.4. The second-order valence-electron chi connectivity index (χ2n) is 6.97. The lowest BCUT2D eigenvalue weighted by Crippen LogP contribution is -2.43. The Morgan fingerprint density at radius 2 is 2.00 bits per heavy atom. The molecule has 1 saturated heterocycles. The molecule has 3 atom stereocenters. The van der Waals surface area contributed by atoms with E-state index in [1.54, 1.807) is 6.08 Å². The molecule has 124 valence electrons. The highest BCUT2D eigenvalue weighted by atomic mass is 16.6. The normalized spacial score (nSPS) is 25.1. The van der Waals surface area contributed by atoms with E-state index >= 15 is 0 Å². The van der Waals surface area contributed by atoms with E-state index in [1.807, 2.05) is 56.0 Å². The largest absolute Gasteiger partial charge is 0.459 e. The van der Waals surface area contributed by atoms with E-state index in [9.17, 15) is 9.59 Å². The molecule has 4 nitrogen and oxygen atoms in total. The zero-order valence-corrected chi connectivity index (χ0v) is 14.1. The molecule has 0 amide bonds. The lowest BCUT2D eigenvalue weighted by Gasteiger charge is -2.30. The van der Waals surface area contributed by atoms with Gasteiger partial charge < -0.3 is 9.53 Å². The third-order valence-electron chi connectivity index (χ3n) is 4.02. The number of hydrogen-bond donors (Lipinski definition) is 0. The summed E-state index contributed by atoms with van der Waals surface area (Å²) in [6, 6.07) is 9.35. The predicted molar refractivity (Wildman–Crippen MR) is 89.8 cm³/mol. The van der Waals surface area contributed by atoms with Gasteiger partial charge in [0.1, 0.15) is 17.9 Å². The van der Waals surface area contributed by atoms with E-state index in [0.29, 0.717) is 13.0 Å². The SMILES string of the molecule is C=C[C@H]1[C@@H](C=O)C[C@H](C(=O)OC(C)(C)C)N1Cc1ccccc1. The zero-order valence-electron chi connectivity index (χ0n) is 14.1. The molecule has 1 aromatic carbocycles. The summed E-state index contributed by atoms with van der Waals surface area (Å²) in [5, 5.41) is 0. The van der Waals surface area contributed by atoms with Crippen LogP contribution in [0.3, 0.4) is 0 Å². The maximum atomic E-state index is 12.6. The minimum absolute atomic E-state index is 0.148. The van der Waals surface area contributed by atoms with Gasteiger partial charge in [0.25, 0.3) is 0 Å². The Balaban J connectivity index is 2.25. The summed E-state index contributed by atoms with van der Waals surface area (Å²) in [5.41, 5.74) is 0.554. The molecule has 1 aromatic rings. The molecule has 1 fully saturated rings. The highest BCUT2D eigenvalue weighted by Gasteiger charge is 2.44. The molecule has 0 spiro atoms. The van der Waals surface area contributed by atoms with Crippen LogP contribution in [0.4, 0.5) is 0 Å². The first-order chi connectivity index (χ1) is 10.9. The van der Waals surface area contributed by atoms with Crippen molar-refractivity contribution in [2.45, 2.75) is 51.4 Å². The van der Waals surface area contributed by atoms with Crippen LogP contribution in [0.25, 0.3) is 0 Å². The van der Waals surface area contributed by atoms with Gasteiger partial charge in [-0.2, -0.15) is 0 Å². The van der Waals surface area contributed by atoms with Crippen LogP contribution in [0, 0.1) is 5.92 Å². The summed E-state index contributed by atoms with van der Waals surface area (Å²) in [4.78, 5) is 26.0. The van der Waals surface area contributed by atoms with Gasteiger partial charge in [0.05, 0.1) is 0 Å². The lowest BCUT2D eigenvalue weighted by atomic mass is 10.0. The molecule has 1 aliphatic heterocycles. The zero-order chi connectivity index (χ0) is 17.0. The fraction of sp³-hybridized carbons (Fsp3) is 0.474. The van der Waals surface area contributed by atoms with Crippen LogP contribution < -0.4 is 0 Å². The van der Waals surface area contributed by atoms with Crippen molar-refractivity contribution in [2.75, 3.05) is 0 Å². The average molecular weight is 315 g/mol. The molecule has 1 aliphatic rings. The molecule has 23 heavy (non-hydrogen) atoms. The second-order valence-corrected chi connectivity index (χ2v) is 6.97. The topological polar surface area (TPSA) is 46.6 Å². The summed E-state index contributed by atoms with van der Waals surface area (Å²) < 4.78 is 5.54. The average Bonchev–Trinajstić information content (AvgIpc) is 2.84. The molecule has 0 aliphatic carbocycles. The quantitative estimate of drug-likeness (QED) is 0.476. The van der Waals surface area contributed by atoms with E-state index in [1.165, 1.54) is 0 Å². The Labute approximate surface area is 138 Å². The smallest absolute Gasteiger partial charge is 0.323 e. The molecule has 0 bridgehead atoms. The molecular formula is C19H25NO3. The molecule has 0 unspecified atom stereocenters. The minimum Gasteiger partial charge on any atom is -0.459 e. The van der Waals surface area contributed by atoms with Crippen molar-refractivity contribution in [2.24, 2.45) is 5.92 Å². The fourth-order valence-corrected chi connectivity index (χ4v) is 3.04. The van der Waals surface area contributed by atoms with Crippen molar-refractivity contribution >= 4 is 12.3 Å². The van der Waals surface area contributed by atoms with Crippen molar-refractivity contribution in [3.8, 4) is 0 Å². The number of hydrogen-bond acceptors (Lipinski definition) is 4. The van der Waals surface area contributed by atoms with Crippen molar-refractivity contribution in [1.29, 1.82) is 0 Å². The predicted octanol–water partition coefficient (Wildman–Crippen LogP) is 2.97. The monoisotopic (exact) mass is 315 g/mol. The number of likely N-dealkylation sites (tertiary alicyclic amines) is 1. The molecule has 0 saturated carbocycles. The van der Waals surface area contributed by atoms with Crippen molar-refractivity contribution < 1.29 is 14.3 Å². The van der Waals surface area contributed by atoms with Gasteiger partial charge in [0, 0.05) is 18.5 Å². The standard InChI is InChI=1S/C19H25NO3/c1-5-16-15(13-21)11-17(18(22)23-19(2,3)4)20(16)12-14-9-7-6-8-10-14/h5-10,13,15-17H,1,11-12H2,2-4H3/t15-,16+,17-/m1/s1. The number of rotatable bonds is 5. The first-order valence-electron chi connectivity index (χ1n) is 7.96. The summed E-state index contributed by atoms with van der Waals surface area (Å²) in [5.74, 6) is -0.502. The first-order valence-corrected chi connectivity index (χ1v) is 7.96. The Bertz CT molecular complexity index is 562. The summed E-state index contributed by atoms with van der Waals surface area (Å²) in [6.07, 6.45) is 3.16. The van der Waals surface area contributed by atoms with Crippen molar-refractivity contribution in [3.05, 3.63) is 48.6 Å². The third kappa shape index (κ3) is 4.29. The van der Waals surface area contributed by atoms with Crippen molar-refractivity contribution in [1.82, 2.24) is 4.90 Å². The number of nitrogens with zero attached hydrogens (tertiary/aromatic N) is 1. The van der Waals surface area contributed by atoms with Gasteiger partial charge in [0.15, 0.2) is 0 Å². The maximum absolute atomic E-state index is 12.6. The molecule has 0 aromatic heterocycles. The van der Waals surface area contributed by atoms with Gasteiger partial charge in [-0.25, -0.2) is 0 Å². The number of aldehydes is 1. The van der Waals surface area contributed by atoms with Gasteiger partial charge >= 0.3 is 5.97 Å². The Morgan fingerprint density at radius 1 is 1.35 bits per heavy atom. The lowest BCUT2D eigenvalue weighted by molar-refractivity contribution is -0.160. The summed E-state index contributed by atoms with van der Waals surface area (Å²) >= 11 is 0. The molecular weight excluding hydrogens is 290 g/mol. The molecule has 1 heterocycles. The molecule has 4 heteroatoms. The third-order valence-corrected chi connectivity index (χ3v) is 4.02. The van der Waals surface area contributed by atoms with Crippen LogP contribution >= 0.6 is 0 Å². The van der Waals surface area contributed by atoms with Crippen LogP contribution in [-0.4, -0.2) is 34.8 Å². The Hall–Kier alpha value is -1.94. The summed E-state index contributed by atoms with van der Waals surface area (Å²) in [7, 11) is 0. The Kier molecular flexibility index (Phi) is 5.37. The van der Waals surface area contributed by atoms with Gasteiger partial charge in [-0.1, -0.05) is 36.4 Å². The number of carbonyl (C=O) groups excluding carboxylic acids is 2. The molecule has 2 rings (SSSR count). The van der Waals surface area contributed by atoms with Gasteiger partial charge in [-0.3, -0.25) is 9.69 Å². The maximum Gasteiger partial charge on any atom is 0.323 e. The highest BCUT2D eigenvalue weighted by molar-refractivity contribution is 5.78. The van der Waals surface area contributed by atoms with E-state index in [2.05, 4.69) is 6.58 Å². The van der Waals surface area contributed by atoms with Crippen molar-refractivity contribution in [3.63, 3.8) is 0 Å². The minimum atomic E-state index is -0.543. The van der Waals surface area contributed by atoms with Crippen LogP contribution in [0.15, 0.2) is 43.0 Å². The highest BCUT2D eigenvalue weighted by Crippen LogP contribution is 2.32. The summed E-state index contributed by atoms with van der Waals surface area (Å²) in [6.45, 7) is 9.99. The van der Waals surface area contributed by atoms with E-state index in [-0.39, 0.29) is 17.9 Å². The van der Waals surface area contributed by atoms with Crippen LogP contribution in [0.5, 0.6) is 0 Å². The number of carbonyl (C=O) groups is 2. The van der Waals surface area contributed by atoms with Crippen LogP contribution in [0.2, 0.25) is 0 Å². The van der Waals surface area contributed by atoms with Crippen LogP contribution in [0.1, 0.15) is 32.8 Å². The number of benzene rings is 1. The number of ether oxygens (including phenoxy) is 1.